The Kier molecular flexibility index (Phi) is 4.41. The lowest BCUT2D eigenvalue weighted by molar-refractivity contribution is 0.0941. The van der Waals surface area contributed by atoms with Crippen LogP contribution in [0, 0.1) is 0 Å². The van der Waals surface area contributed by atoms with Gasteiger partial charge < -0.3 is 14.8 Å². The van der Waals surface area contributed by atoms with Gasteiger partial charge >= 0.3 is 6.09 Å². The Morgan fingerprint density at radius 2 is 2.28 bits per heavy atom. The molecule has 1 saturated heterocycles. The summed E-state index contributed by atoms with van der Waals surface area (Å²) in [5, 5.41) is 5.89. The molecule has 1 aliphatic heterocycles. The summed E-state index contributed by atoms with van der Waals surface area (Å²) in [6.45, 7) is 1.72. The van der Waals surface area contributed by atoms with E-state index in [0.29, 0.717) is 11.4 Å². The number of para-hydroxylation sites is 2. The summed E-state index contributed by atoms with van der Waals surface area (Å²) in [5.74, 6) is 0.621. The highest BCUT2D eigenvalue weighted by atomic mass is 16.6. The maximum Gasteiger partial charge on any atom is 0.412 e. The Hall–Kier alpha value is -1.75. The van der Waals surface area contributed by atoms with Gasteiger partial charge in [0.05, 0.1) is 12.8 Å². The molecule has 98 valence electrons. The van der Waals surface area contributed by atoms with E-state index in [4.69, 9.17) is 9.47 Å². The van der Waals surface area contributed by atoms with Gasteiger partial charge in [-0.1, -0.05) is 12.1 Å². The second kappa shape index (κ2) is 6.26. The number of piperidine rings is 1. The Balaban J connectivity index is 1.90. The normalized spacial score (nSPS) is 19.1. The fourth-order valence-corrected chi connectivity index (χ4v) is 1.96. The van der Waals surface area contributed by atoms with Gasteiger partial charge in [-0.15, -0.1) is 0 Å². The number of rotatable bonds is 3. The molecule has 1 aromatic carbocycles. The summed E-state index contributed by atoms with van der Waals surface area (Å²) in [6.07, 6.45) is 1.46. The van der Waals surface area contributed by atoms with Gasteiger partial charge in [0.15, 0.2) is 0 Å². The summed E-state index contributed by atoms with van der Waals surface area (Å²) in [4.78, 5) is 11.7. The van der Waals surface area contributed by atoms with Gasteiger partial charge in [0.1, 0.15) is 11.9 Å². The van der Waals surface area contributed by atoms with Gasteiger partial charge in [0.2, 0.25) is 0 Å². The molecule has 0 bridgehead atoms. The van der Waals surface area contributed by atoms with E-state index in [-0.39, 0.29) is 6.10 Å². The van der Waals surface area contributed by atoms with Crippen LogP contribution in [0.2, 0.25) is 0 Å². The number of nitrogens with one attached hydrogen (secondary N) is 2. The van der Waals surface area contributed by atoms with Gasteiger partial charge in [0, 0.05) is 6.54 Å². The molecule has 1 atom stereocenters. The van der Waals surface area contributed by atoms with Crippen molar-refractivity contribution in [3.05, 3.63) is 24.3 Å². The van der Waals surface area contributed by atoms with Crippen LogP contribution in [0.3, 0.4) is 0 Å². The smallest absolute Gasteiger partial charge is 0.412 e. The number of amides is 1. The largest absolute Gasteiger partial charge is 0.495 e. The molecule has 0 spiro atoms. The highest BCUT2D eigenvalue weighted by molar-refractivity contribution is 5.86. The molecule has 1 fully saturated rings. The van der Waals surface area contributed by atoms with Crippen LogP contribution in [0.1, 0.15) is 12.8 Å². The zero-order valence-electron chi connectivity index (χ0n) is 10.4. The third kappa shape index (κ3) is 3.37. The first-order valence-electron chi connectivity index (χ1n) is 6.11. The van der Waals surface area contributed by atoms with E-state index in [2.05, 4.69) is 10.6 Å². The molecule has 1 aromatic rings. The Morgan fingerprint density at radius 3 is 3.00 bits per heavy atom. The van der Waals surface area contributed by atoms with Crippen molar-refractivity contribution in [3.63, 3.8) is 0 Å². The van der Waals surface area contributed by atoms with Gasteiger partial charge in [-0.2, -0.15) is 0 Å². The highest BCUT2D eigenvalue weighted by Crippen LogP contribution is 2.23. The van der Waals surface area contributed by atoms with E-state index in [1.807, 2.05) is 12.1 Å². The van der Waals surface area contributed by atoms with E-state index in [1.54, 1.807) is 19.2 Å². The summed E-state index contributed by atoms with van der Waals surface area (Å²) in [6, 6.07) is 7.25. The molecule has 0 radical (unpaired) electrons. The summed E-state index contributed by atoms with van der Waals surface area (Å²) >= 11 is 0. The van der Waals surface area contributed by atoms with Crippen LogP contribution in [0.4, 0.5) is 10.5 Å². The predicted octanol–water partition coefficient (Wildman–Crippen LogP) is 2.00. The molecule has 0 aliphatic carbocycles. The number of benzene rings is 1. The highest BCUT2D eigenvalue weighted by Gasteiger charge is 2.17. The predicted molar refractivity (Wildman–Crippen MR) is 69.0 cm³/mol. The van der Waals surface area contributed by atoms with Gasteiger partial charge in [-0.25, -0.2) is 4.79 Å². The second-order valence-electron chi connectivity index (χ2n) is 4.20. The third-order valence-electron chi connectivity index (χ3n) is 2.87. The maximum absolute atomic E-state index is 11.7. The van der Waals surface area contributed by atoms with Crippen molar-refractivity contribution in [2.75, 3.05) is 25.5 Å². The molecule has 0 aromatic heterocycles. The zero-order chi connectivity index (χ0) is 12.8. The monoisotopic (exact) mass is 250 g/mol. The lowest BCUT2D eigenvalue weighted by atomic mass is 10.1. The molecule has 2 rings (SSSR count). The van der Waals surface area contributed by atoms with Crippen molar-refractivity contribution in [1.29, 1.82) is 0 Å². The minimum Gasteiger partial charge on any atom is -0.495 e. The molecule has 2 N–H and O–H groups in total. The average Bonchev–Trinajstić information content (AvgIpc) is 2.40. The van der Waals surface area contributed by atoms with Crippen LogP contribution in [0.5, 0.6) is 5.75 Å². The summed E-state index contributed by atoms with van der Waals surface area (Å²) in [5.41, 5.74) is 0.619. The van der Waals surface area contributed by atoms with Gasteiger partial charge in [0.25, 0.3) is 0 Å². The number of carbonyl (C=O) groups excluding carboxylic acids is 1. The molecular formula is C13H18N2O3. The third-order valence-corrected chi connectivity index (χ3v) is 2.87. The SMILES string of the molecule is COc1ccccc1NC(=O)O[C@H]1CCCNC1. The molecule has 0 saturated carbocycles. The van der Waals surface area contributed by atoms with E-state index in [9.17, 15) is 4.79 Å². The van der Waals surface area contributed by atoms with Crippen molar-refractivity contribution in [2.24, 2.45) is 0 Å². The van der Waals surface area contributed by atoms with Crippen LogP contribution in [-0.2, 0) is 4.74 Å². The minimum absolute atomic E-state index is 0.0477. The van der Waals surface area contributed by atoms with Crippen molar-refractivity contribution in [3.8, 4) is 5.75 Å². The Labute approximate surface area is 106 Å². The van der Waals surface area contributed by atoms with Crippen molar-refractivity contribution in [2.45, 2.75) is 18.9 Å². The van der Waals surface area contributed by atoms with Crippen LogP contribution in [0.25, 0.3) is 0 Å². The topological polar surface area (TPSA) is 59.6 Å². The average molecular weight is 250 g/mol. The molecule has 5 heteroatoms. The first-order chi connectivity index (χ1) is 8.79. The van der Waals surface area contributed by atoms with Crippen molar-refractivity contribution < 1.29 is 14.3 Å². The molecule has 18 heavy (non-hydrogen) atoms. The lowest BCUT2D eigenvalue weighted by Crippen LogP contribution is -2.37. The molecular weight excluding hydrogens is 232 g/mol. The Bertz CT molecular complexity index is 403. The first-order valence-corrected chi connectivity index (χ1v) is 6.11. The quantitative estimate of drug-likeness (QED) is 0.861. The van der Waals surface area contributed by atoms with Crippen LogP contribution in [0.15, 0.2) is 24.3 Å². The second-order valence-corrected chi connectivity index (χ2v) is 4.20. The number of hydrogen-bond acceptors (Lipinski definition) is 4. The van der Waals surface area contributed by atoms with E-state index in [0.717, 1.165) is 25.9 Å². The number of methoxy groups -OCH3 is 1. The molecule has 1 amide bonds. The number of hydrogen-bond donors (Lipinski definition) is 2. The lowest BCUT2D eigenvalue weighted by Gasteiger charge is -2.23. The van der Waals surface area contributed by atoms with Gasteiger partial charge in [-0.3, -0.25) is 5.32 Å². The number of anilines is 1. The van der Waals surface area contributed by atoms with Crippen molar-refractivity contribution in [1.82, 2.24) is 5.32 Å². The first kappa shape index (κ1) is 12.7. The van der Waals surface area contributed by atoms with Crippen LogP contribution >= 0.6 is 0 Å². The molecule has 1 aliphatic rings. The minimum atomic E-state index is -0.437. The zero-order valence-corrected chi connectivity index (χ0v) is 10.4. The van der Waals surface area contributed by atoms with E-state index >= 15 is 0 Å². The molecule has 1 heterocycles. The van der Waals surface area contributed by atoms with Crippen molar-refractivity contribution >= 4 is 11.8 Å². The van der Waals surface area contributed by atoms with Gasteiger partial charge in [-0.05, 0) is 31.5 Å². The fourth-order valence-electron chi connectivity index (χ4n) is 1.96. The van der Waals surface area contributed by atoms with Crippen LogP contribution < -0.4 is 15.4 Å². The Morgan fingerprint density at radius 1 is 1.44 bits per heavy atom. The standard InChI is InChI=1S/C13H18N2O3/c1-17-12-7-3-2-6-11(12)15-13(16)18-10-5-4-8-14-9-10/h2-3,6-7,10,14H,4-5,8-9H2,1H3,(H,15,16)/t10-/m0/s1. The fraction of sp³-hybridized carbons (Fsp3) is 0.462. The van der Waals surface area contributed by atoms with E-state index in [1.165, 1.54) is 0 Å². The summed E-state index contributed by atoms with van der Waals surface area (Å²) in [7, 11) is 1.57. The maximum atomic E-state index is 11.7. The van der Waals surface area contributed by atoms with Crippen LogP contribution in [-0.4, -0.2) is 32.4 Å². The number of ether oxygens (including phenoxy) is 2. The van der Waals surface area contributed by atoms with E-state index < -0.39 is 6.09 Å². The summed E-state index contributed by atoms with van der Waals surface area (Å²) < 4.78 is 10.5. The molecule has 5 nitrogen and oxygen atoms in total. The number of carbonyl (C=O) groups is 1. The molecule has 0 unspecified atom stereocenters.